The number of likely N-dealkylation sites (tertiary alicyclic amines) is 1. The Kier molecular flexibility index (Phi) is 6.05. The molecule has 1 aromatic carbocycles. The quantitative estimate of drug-likeness (QED) is 0.859. The van der Waals surface area contributed by atoms with Crippen molar-refractivity contribution in [1.82, 2.24) is 10.2 Å². The molecule has 1 aromatic rings. The van der Waals surface area contributed by atoms with Crippen molar-refractivity contribution in [2.24, 2.45) is 11.8 Å². The minimum absolute atomic E-state index is 0.107. The van der Waals surface area contributed by atoms with Crippen LogP contribution in [0.4, 0.5) is 4.39 Å². The molecule has 0 aromatic heterocycles. The first-order chi connectivity index (χ1) is 12.1. The van der Waals surface area contributed by atoms with Crippen LogP contribution in [-0.2, 0) is 16.1 Å². The summed E-state index contributed by atoms with van der Waals surface area (Å²) < 4.78 is 13.0. The Labute approximate surface area is 148 Å². The van der Waals surface area contributed by atoms with E-state index in [2.05, 4.69) is 5.32 Å². The Bertz CT molecular complexity index is 596. The zero-order valence-electron chi connectivity index (χ0n) is 14.7. The van der Waals surface area contributed by atoms with Gasteiger partial charge in [-0.15, -0.1) is 0 Å². The largest absolute Gasteiger partial charge is 0.356 e. The van der Waals surface area contributed by atoms with E-state index in [1.54, 1.807) is 17.0 Å². The van der Waals surface area contributed by atoms with E-state index in [1.807, 2.05) is 0 Å². The Morgan fingerprint density at radius 2 is 1.84 bits per heavy atom. The fourth-order valence-corrected chi connectivity index (χ4v) is 3.94. The van der Waals surface area contributed by atoms with Gasteiger partial charge in [0, 0.05) is 38.4 Å². The topological polar surface area (TPSA) is 49.4 Å². The van der Waals surface area contributed by atoms with Gasteiger partial charge in [-0.25, -0.2) is 4.39 Å². The number of hydrogen-bond donors (Lipinski definition) is 1. The van der Waals surface area contributed by atoms with E-state index in [9.17, 15) is 14.0 Å². The molecule has 1 aliphatic carbocycles. The van der Waals surface area contributed by atoms with Gasteiger partial charge in [-0.3, -0.25) is 9.59 Å². The average Bonchev–Trinajstić information content (AvgIpc) is 2.96. The molecule has 1 saturated carbocycles. The summed E-state index contributed by atoms with van der Waals surface area (Å²) >= 11 is 0. The van der Waals surface area contributed by atoms with Crippen molar-refractivity contribution < 1.29 is 14.0 Å². The molecule has 0 bridgehead atoms. The Morgan fingerprint density at radius 1 is 1.12 bits per heavy atom. The molecule has 1 aliphatic heterocycles. The molecule has 0 spiro atoms. The molecule has 0 radical (unpaired) electrons. The zero-order valence-corrected chi connectivity index (χ0v) is 14.7. The highest BCUT2D eigenvalue weighted by Gasteiger charge is 2.29. The maximum atomic E-state index is 13.0. The fourth-order valence-electron chi connectivity index (χ4n) is 3.94. The minimum atomic E-state index is -0.268. The number of carbonyl (C=O) groups excluding carboxylic acids is 2. The Morgan fingerprint density at radius 3 is 2.56 bits per heavy atom. The highest BCUT2D eigenvalue weighted by atomic mass is 19.1. The van der Waals surface area contributed by atoms with Crippen LogP contribution in [0.15, 0.2) is 24.3 Å². The molecule has 1 heterocycles. The number of nitrogens with one attached hydrogen (secondary N) is 1. The molecule has 1 atom stereocenters. The molecule has 5 heteroatoms. The molecule has 2 aliphatic rings. The van der Waals surface area contributed by atoms with Crippen LogP contribution in [0.5, 0.6) is 0 Å². The molecule has 1 N–H and O–H groups in total. The normalized spacial score (nSPS) is 21.6. The lowest BCUT2D eigenvalue weighted by Gasteiger charge is -2.21. The van der Waals surface area contributed by atoms with Gasteiger partial charge in [-0.1, -0.05) is 31.4 Å². The van der Waals surface area contributed by atoms with E-state index >= 15 is 0 Å². The maximum absolute atomic E-state index is 13.0. The predicted molar refractivity (Wildman–Crippen MR) is 94.1 cm³/mol. The van der Waals surface area contributed by atoms with Crippen molar-refractivity contribution in [3.05, 3.63) is 35.6 Å². The molecule has 1 unspecified atom stereocenters. The maximum Gasteiger partial charge on any atom is 0.223 e. The van der Waals surface area contributed by atoms with Crippen LogP contribution in [0.2, 0.25) is 0 Å². The molecule has 2 amide bonds. The first-order valence-corrected chi connectivity index (χ1v) is 9.39. The lowest BCUT2D eigenvalue weighted by Crippen LogP contribution is -2.32. The first-order valence-electron chi connectivity index (χ1n) is 9.39. The fraction of sp³-hybridized carbons (Fsp3) is 0.600. The molecule has 25 heavy (non-hydrogen) atoms. The number of hydrogen-bond acceptors (Lipinski definition) is 2. The van der Waals surface area contributed by atoms with Gasteiger partial charge in [-0.05, 0) is 36.5 Å². The third kappa shape index (κ3) is 5.28. The molecule has 2 fully saturated rings. The number of rotatable bonds is 6. The van der Waals surface area contributed by atoms with Crippen molar-refractivity contribution >= 4 is 11.8 Å². The van der Waals surface area contributed by atoms with Gasteiger partial charge in [0.05, 0.1) is 0 Å². The van der Waals surface area contributed by atoms with Crippen LogP contribution in [0, 0.1) is 17.7 Å². The standard InChI is InChI=1S/C20H27FN2O2/c21-18-8-6-16(7-9-18)13-23-14-17(11-20(23)25)12-22-19(24)10-15-4-2-1-3-5-15/h6-9,15,17H,1-5,10-14H2,(H,22,24). The zero-order chi connectivity index (χ0) is 17.6. The van der Waals surface area contributed by atoms with Crippen LogP contribution in [0.3, 0.4) is 0 Å². The van der Waals surface area contributed by atoms with Gasteiger partial charge >= 0.3 is 0 Å². The second-order valence-corrected chi connectivity index (χ2v) is 7.48. The van der Waals surface area contributed by atoms with Gasteiger partial charge in [0.15, 0.2) is 0 Å². The minimum Gasteiger partial charge on any atom is -0.356 e. The van der Waals surface area contributed by atoms with E-state index in [0.29, 0.717) is 38.4 Å². The predicted octanol–water partition coefficient (Wildman–Crippen LogP) is 3.26. The Hall–Kier alpha value is -1.91. The van der Waals surface area contributed by atoms with Gasteiger partial charge < -0.3 is 10.2 Å². The molecule has 4 nitrogen and oxygen atoms in total. The van der Waals surface area contributed by atoms with Crippen molar-refractivity contribution in [2.75, 3.05) is 13.1 Å². The number of nitrogens with zero attached hydrogens (tertiary/aromatic N) is 1. The molecular weight excluding hydrogens is 319 g/mol. The van der Waals surface area contributed by atoms with E-state index in [-0.39, 0.29) is 23.5 Å². The third-order valence-corrected chi connectivity index (χ3v) is 5.37. The molecule has 1 saturated heterocycles. The lowest BCUT2D eigenvalue weighted by atomic mass is 9.87. The summed E-state index contributed by atoms with van der Waals surface area (Å²) in [6.45, 7) is 1.72. The van der Waals surface area contributed by atoms with Crippen molar-refractivity contribution in [2.45, 2.75) is 51.5 Å². The summed E-state index contributed by atoms with van der Waals surface area (Å²) in [7, 11) is 0. The smallest absolute Gasteiger partial charge is 0.223 e. The number of carbonyl (C=O) groups is 2. The summed E-state index contributed by atoms with van der Waals surface area (Å²) in [4.78, 5) is 26.1. The second kappa shape index (κ2) is 8.45. The average molecular weight is 346 g/mol. The van der Waals surface area contributed by atoms with Crippen LogP contribution >= 0.6 is 0 Å². The lowest BCUT2D eigenvalue weighted by molar-refractivity contribution is -0.128. The molecular formula is C20H27FN2O2. The van der Waals surface area contributed by atoms with Crippen molar-refractivity contribution in [1.29, 1.82) is 0 Å². The third-order valence-electron chi connectivity index (χ3n) is 5.37. The van der Waals surface area contributed by atoms with Crippen LogP contribution in [0.1, 0.15) is 50.5 Å². The highest BCUT2D eigenvalue weighted by Crippen LogP contribution is 2.26. The van der Waals surface area contributed by atoms with Gasteiger partial charge in [0.25, 0.3) is 0 Å². The first kappa shape index (κ1) is 17.9. The number of benzene rings is 1. The van der Waals surface area contributed by atoms with Crippen LogP contribution in [-0.4, -0.2) is 29.8 Å². The summed E-state index contributed by atoms with van der Waals surface area (Å²) in [6.07, 6.45) is 7.22. The van der Waals surface area contributed by atoms with E-state index in [0.717, 1.165) is 5.56 Å². The van der Waals surface area contributed by atoms with Crippen molar-refractivity contribution in [3.8, 4) is 0 Å². The highest BCUT2D eigenvalue weighted by molar-refractivity contribution is 5.79. The number of halogens is 1. The summed E-state index contributed by atoms with van der Waals surface area (Å²) in [5, 5.41) is 3.02. The Balaban J connectivity index is 1.41. The van der Waals surface area contributed by atoms with E-state index < -0.39 is 0 Å². The van der Waals surface area contributed by atoms with E-state index in [4.69, 9.17) is 0 Å². The van der Waals surface area contributed by atoms with Crippen LogP contribution < -0.4 is 5.32 Å². The summed E-state index contributed by atoms with van der Waals surface area (Å²) in [5.74, 6) is 0.666. The summed E-state index contributed by atoms with van der Waals surface area (Å²) in [6, 6.07) is 6.25. The monoisotopic (exact) mass is 346 g/mol. The summed E-state index contributed by atoms with van der Waals surface area (Å²) in [5.41, 5.74) is 0.928. The van der Waals surface area contributed by atoms with Crippen molar-refractivity contribution in [3.63, 3.8) is 0 Å². The van der Waals surface area contributed by atoms with E-state index in [1.165, 1.54) is 44.2 Å². The van der Waals surface area contributed by atoms with Crippen LogP contribution in [0.25, 0.3) is 0 Å². The van der Waals surface area contributed by atoms with Gasteiger partial charge in [0.1, 0.15) is 5.82 Å². The SMILES string of the molecule is O=C(CC1CCCCC1)NCC1CC(=O)N(Cc2ccc(F)cc2)C1. The molecule has 136 valence electrons. The second-order valence-electron chi connectivity index (χ2n) is 7.48. The van der Waals surface area contributed by atoms with Gasteiger partial charge in [-0.2, -0.15) is 0 Å². The molecule has 3 rings (SSSR count). The number of amides is 2. The van der Waals surface area contributed by atoms with Gasteiger partial charge in [0.2, 0.25) is 11.8 Å².